The molecular formula is C15H18ClNO3. The highest BCUT2D eigenvalue weighted by atomic mass is 35.5. The van der Waals surface area contributed by atoms with Crippen molar-refractivity contribution in [3.05, 3.63) is 23.8 Å². The fourth-order valence-corrected chi connectivity index (χ4v) is 2.43. The highest BCUT2D eigenvalue weighted by molar-refractivity contribution is 6.30. The number of benzene rings is 1. The Labute approximate surface area is 123 Å². The first kappa shape index (κ1) is 14.9. The lowest BCUT2D eigenvalue weighted by Gasteiger charge is -2.40. The number of rotatable bonds is 3. The Morgan fingerprint density at radius 3 is 2.60 bits per heavy atom. The van der Waals surface area contributed by atoms with Crippen LogP contribution in [0.5, 0.6) is 5.75 Å². The third-order valence-electron chi connectivity index (χ3n) is 3.28. The van der Waals surface area contributed by atoms with Gasteiger partial charge in [0.05, 0.1) is 11.6 Å². The minimum Gasteiger partial charge on any atom is -0.476 e. The average Bonchev–Trinajstić information content (AvgIpc) is 2.38. The Morgan fingerprint density at radius 2 is 2.05 bits per heavy atom. The molecule has 0 spiro atoms. The van der Waals surface area contributed by atoms with Gasteiger partial charge in [-0.25, -0.2) is 0 Å². The number of fused-ring (bicyclic) bond motifs is 1. The van der Waals surface area contributed by atoms with Crippen molar-refractivity contribution in [3.63, 3.8) is 0 Å². The van der Waals surface area contributed by atoms with E-state index in [1.807, 2.05) is 13.8 Å². The number of alkyl halides is 1. The standard InChI is InChI=1S/C15H18ClNO3/c1-9(2)17-11-7-10(12(18)8-16)5-6-13(11)20-15(3,4)14(17)19/h5-7,9H,8H2,1-4H3. The van der Waals surface area contributed by atoms with Gasteiger partial charge in [-0.1, -0.05) is 0 Å². The summed E-state index contributed by atoms with van der Waals surface area (Å²) < 4.78 is 5.74. The zero-order chi connectivity index (χ0) is 15.1. The van der Waals surface area contributed by atoms with E-state index >= 15 is 0 Å². The molecule has 1 aromatic carbocycles. The maximum absolute atomic E-state index is 12.5. The summed E-state index contributed by atoms with van der Waals surface area (Å²) in [7, 11) is 0. The van der Waals surface area contributed by atoms with Crippen LogP contribution in [0.1, 0.15) is 38.1 Å². The van der Waals surface area contributed by atoms with Gasteiger partial charge in [-0.2, -0.15) is 0 Å². The molecule has 1 heterocycles. The number of ether oxygens (including phenoxy) is 1. The average molecular weight is 296 g/mol. The van der Waals surface area contributed by atoms with Crippen LogP contribution in [0.4, 0.5) is 5.69 Å². The highest BCUT2D eigenvalue weighted by Gasteiger charge is 2.42. The lowest BCUT2D eigenvalue weighted by molar-refractivity contribution is -0.133. The van der Waals surface area contributed by atoms with Crippen LogP contribution >= 0.6 is 11.6 Å². The first-order chi connectivity index (χ1) is 9.27. The highest BCUT2D eigenvalue weighted by Crippen LogP contribution is 2.39. The molecule has 4 nitrogen and oxygen atoms in total. The summed E-state index contributed by atoms with van der Waals surface area (Å²) in [5, 5.41) is 0. The van der Waals surface area contributed by atoms with E-state index in [1.165, 1.54) is 0 Å². The van der Waals surface area contributed by atoms with Gasteiger partial charge in [0.1, 0.15) is 5.75 Å². The van der Waals surface area contributed by atoms with Crippen LogP contribution in [-0.2, 0) is 4.79 Å². The van der Waals surface area contributed by atoms with Crippen LogP contribution in [-0.4, -0.2) is 29.2 Å². The van der Waals surface area contributed by atoms with Gasteiger partial charge in [0, 0.05) is 11.6 Å². The molecule has 0 saturated carbocycles. The summed E-state index contributed by atoms with van der Waals surface area (Å²) in [6, 6.07) is 5.05. The number of amides is 1. The minimum absolute atomic E-state index is 0.0224. The smallest absolute Gasteiger partial charge is 0.270 e. The fraction of sp³-hybridized carbons (Fsp3) is 0.467. The summed E-state index contributed by atoms with van der Waals surface area (Å²) in [4.78, 5) is 25.9. The molecule has 108 valence electrons. The number of hydrogen-bond donors (Lipinski definition) is 0. The molecular weight excluding hydrogens is 278 g/mol. The predicted molar refractivity (Wildman–Crippen MR) is 78.8 cm³/mol. The van der Waals surface area contributed by atoms with Crippen molar-refractivity contribution < 1.29 is 14.3 Å². The van der Waals surface area contributed by atoms with Crippen molar-refractivity contribution in [1.82, 2.24) is 0 Å². The van der Waals surface area contributed by atoms with Gasteiger partial charge in [0.15, 0.2) is 11.4 Å². The predicted octanol–water partition coefficient (Wildman–Crippen LogP) is 3.02. The summed E-state index contributed by atoms with van der Waals surface area (Å²) in [6.07, 6.45) is 0. The number of nitrogens with zero attached hydrogens (tertiary/aromatic N) is 1. The Balaban J connectivity index is 2.57. The van der Waals surface area contributed by atoms with Crippen molar-refractivity contribution in [2.45, 2.75) is 39.3 Å². The molecule has 0 aliphatic carbocycles. The molecule has 2 rings (SSSR count). The van der Waals surface area contributed by atoms with Gasteiger partial charge in [0.25, 0.3) is 5.91 Å². The summed E-state index contributed by atoms with van der Waals surface area (Å²) in [6.45, 7) is 7.34. The second kappa shape index (κ2) is 5.09. The zero-order valence-corrected chi connectivity index (χ0v) is 12.8. The topological polar surface area (TPSA) is 46.6 Å². The second-order valence-electron chi connectivity index (χ2n) is 5.62. The number of carbonyl (C=O) groups excluding carboxylic acids is 2. The largest absolute Gasteiger partial charge is 0.476 e. The molecule has 1 amide bonds. The SMILES string of the molecule is CC(C)N1C(=O)C(C)(C)Oc2ccc(C(=O)CCl)cc21. The molecule has 1 aliphatic rings. The van der Waals surface area contributed by atoms with E-state index in [2.05, 4.69) is 0 Å². The molecule has 1 aliphatic heterocycles. The minimum atomic E-state index is -0.907. The van der Waals surface area contributed by atoms with Crippen LogP contribution in [0.2, 0.25) is 0 Å². The van der Waals surface area contributed by atoms with Crippen LogP contribution in [0.3, 0.4) is 0 Å². The van der Waals surface area contributed by atoms with Gasteiger partial charge < -0.3 is 9.64 Å². The molecule has 1 aromatic rings. The number of hydrogen-bond acceptors (Lipinski definition) is 3. The van der Waals surface area contributed by atoms with Crippen molar-refractivity contribution >= 4 is 29.0 Å². The molecule has 5 heteroatoms. The second-order valence-corrected chi connectivity index (χ2v) is 5.89. The maximum atomic E-state index is 12.5. The quantitative estimate of drug-likeness (QED) is 0.636. The summed E-state index contributed by atoms with van der Waals surface area (Å²) >= 11 is 5.58. The van der Waals surface area contributed by atoms with Crippen LogP contribution in [0.15, 0.2) is 18.2 Å². The lowest BCUT2D eigenvalue weighted by atomic mass is 10.0. The number of ketones is 1. The number of Topliss-reactive ketones (excluding diaryl/α,β-unsaturated/α-hetero) is 1. The Morgan fingerprint density at radius 1 is 1.40 bits per heavy atom. The Kier molecular flexibility index (Phi) is 3.78. The molecule has 0 N–H and O–H groups in total. The van der Waals surface area contributed by atoms with Gasteiger partial charge in [-0.15, -0.1) is 11.6 Å². The number of anilines is 1. The fourth-order valence-electron chi connectivity index (χ4n) is 2.27. The van der Waals surface area contributed by atoms with E-state index in [9.17, 15) is 9.59 Å². The third kappa shape index (κ3) is 2.40. The molecule has 0 fully saturated rings. The van der Waals surface area contributed by atoms with E-state index in [-0.39, 0.29) is 23.6 Å². The molecule has 0 bridgehead atoms. The Bertz CT molecular complexity index is 566. The third-order valence-corrected chi connectivity index (χ3v) is 3.52. The molecule has 0 saturated heterocycles. The van der Waals surface area contributed by atoms with Crippen molar-refractivity contribution in [2.75, 3.05) is 10.8 Å². The van der Waals surface area contributed by atoms with E-state index in [4.69, 9.17) is 16.3 Å². The number of carbonyl (C=O) groups is 2. The van der Waals surface area contributed by atoms with E-state index in [0.29, 0.717) is 17.0 Å². The molecule has 0 unspecified atom stereocenters. The van der Waals surface area contributed by atoms with Gasteiger partial charge in [0.2, 0.25) is 0 Å². The molecule has 20 heavy (non-hydrogen) atoms. The van der Waals surface area contributed by atoms with Crippen LogP contribution < -0.4 is 9.64 Å². The first-order valence-corrected chi connectivity index (χ1v) is 7.07. The first-order valence-electron chi connectivity index (χ1n) is 6.54. The van der Waals surface area contributed by atoms with Crippen LogP contribution in [0, 0.1) is 0 Å². The van der Waals surface area contributed by atoms with Gasteiger partial charge in [-0.05, 0) is 45.9 Å². The van der Waals surface area contributed by atoms with E-state index < -0.39 is 5.60 Å². The van der Waals surface area contributed by atoms with Gasteiger partial charge >= 0.3 is 0 Å². The molecule has 0 radical (unpaired) electrons. The maximum Gasteiger partial charge on any atom is 0.270 e. The van der Waals surface area contributed by atoms with Crippen molar-refractivity contribution in [2.24, 2.45) is 0 Å². The normalized spacial score (nSPS) is 16.9. The molecule has 0 aromatic heterocycles. The zero-order valence-electron chi connectivity index (χ0n) is 12.1. The monoisotopic (exact) mass is 295 g/mol. The van der Waals surface area contributed by atoms with Gasteiger partial charge in [-0.3, -0.25) is 9.59 Å². The summed E-state index contributed by atoms with van der Waals surface area (Å²) in [5.41, 5.74) is 0.204. The lowest BCUT2D eigenvalue weighted by Crippen LogP contribution is -2.54. The number of halogens is 1. The molecule has 0 atom stereocenters. The van der Waals surface area contributed by atoms with Crippen molar-refractivity contribution in [1.29, 1.82) is 0 Å². The van der Waals surface area contributed by atoms with E-state index in [1.54, 1.807) is 36.9 Å². The van der Waals surface area contributed by atoms with Crippen LogP contribution in [0.25, 0.3) is 0 Å². The Hall–Kier alpha value is -1.55. The summed E-state index contributed by atoms with van der Waals surface area (Å²) in [5.74, 6) is 0.237. The van der Waals surface area contributed by atoms with Crippen molar-refractivity contribution in [3.8, 4) is 5.75 Å². The van der Waals surface area contributed by atoms with E-state index in [0.717, 1.165) is 0 Å².